The number of halogens is 1. The number of rotatable bonds is 2. The molecule has 0 radical (unpaired) electrons. The highest BCUT2D eigenvalue weighted by molar-refractivity contribution is 6.11. The van der Waals surface area contributed by atoms with E-state index in [1.165, 1.54) is 25.2 Å². The summed E-state index contributed by atoms with van der Waals surface area (Å²) in [6, 6.07) is 12.3. The molecule has 2 aromatic carbocycles. The van der Waals surface area contributed by atoms with Gasteiger partial charge in [-0.25, -0.2) is 9.07 Å². The van der Waals surface area contributed by atoms with Crippen LogP contribution in [0.2, 0.25) is 0 Å². The maximum absolute atomic E-state index is 13.2. The molecule has 110 valence electrons. The van der Waals surface area contributed by atoms with Crippen LogP contribution in [0.4, 0.5) is 10.1 Å². The molecule has 1 heterocycles. The van der Waals surface area contributed by atoms with Crippen molar-refractivity contribution in [3.8, 4) is 0 Å². The summed E-state index contributed by atoms with van der Waals surface area (Å²) in [4.78, 5) is 24.4. The number of anilines is 1. The van der Waals surface area contributed by atoms with E-state index in [1.807, 2.05) is 0 Å². The van der Waals surface area contributed by atoms with Crippen LogP contribution in [0.15, 0.2) is 53.3 Å². The van der Waals surface area contributed by atoms with E-state index in [9.17, 15) is 14.0 Å². The van der Waals surface area contributed by atoms with Crippen molar-refractivity contribution in [3.05, 3.63) is 70.4 Å². The number of benzene rings is 2. The third-order valence-electron chi connectivity index (χ3n) is 3.25. The van der Waals surface area contributed by atoms with Crippen molar-refractivity contribution >= 4 is 22.4 Å². The molecule has 1 aromatic heterocycles. The Kier molecular flexibility index (Phi) is 3.42. The maximum Gasteiger partial charge on any atom is 0.276 e. The molecule has 0 aliphatic rings. The number of amides is 1. The van der Waals surface area contributed by atoms with E-state index >= 15 is 0 Å². The Morgan fingerprint density at radius 2 is 1.86 bits per heavy atom. The van der Waals surface area contributed by atoms with E-state index in [0.717, 1.165) is 4.68 Å². The number of nitrogens with zero attached hydrogens (tertiary/aromatic N) is 2. The monoisotopic (exact) mass is 297 g/mol. The summed E-state index contributed by atoms with van der Waals surface area (Å²) in [7, 11) is 1.48. The van der Waals surface area contributed by atoms with E-state index in [4.69, 9.17) is 0 Å². The van der Waals surface area contributed by atoms with Gasteiger partial charge in [0.25, 0.3) is 11.5 Å². The Labute approximate surface area is 125 Å². The molecular weight excluding hydrogens is 285 g/mol. The van der Waals surface area contributed by atoms with Gasteiger partial charge in [0.2, 0.25) is 0 Å². The van der Waals surface area contributed by atoms with Gasteiger partial charge in [-0.05, 0) is 24.3 Å². The molecule has 0 bridgehead atoms. The molecular formula is C16H12FN3O2. The van der Waals surface area contributed by atoms with Crippen LogP contribution in [0, 0.1) is 5.82 Å². The van der Waals surface area contributed by atoms with Gasteiger partial charge in [-0.3, -0.25) is 9.59 Å². The minimum atomic E-state index is -0.502. The fourth-order valence-electron chi connectivity index (χ4n) is 2.22. The zero-order valence-electron chi connectivity index (χ0n) is 11.7. The largest absolute Gasteiger partial charge is 0.320 e. The van der Waals surface area contributed by atoms with Crippen molar-refractivity contribution in [1.82, 2.24) is 9.78 Å². The van der Waals surface area contributed by atoms with Gasteiger partial charge in [-0.1, -0.05) is 24.3 Å². The lowest BCUT2D eigenvalue weighted by molar-refractivity contribution is 0.102. The fraction of sp³-hybridized carbons (Fsp3) is 0.0625. The summed E-state index contributed by atoms with van der Waals surface area (Å²) in [6.45, 7) is 0. The van der Waals surface area contributed by atoms with Crippen LogP contribution >= 0.6 is 0 Å². The Bertz CT molecular complexity index is 934. The Hall–Kier alpha value is -3.02. The van der Waals surface area contributed by atoms with Gasteiger partial charge in [0.05, 0.1) is 5.39 Å². The van der Waals surface area contributed by atoms with Crippen molar-refractivity contribution in [2.45, 2.75) is 0 Å². The number of nitrogens with one attached hydrogen (secondary N) is 1. The van der Waals surface area contributed by atoms with Crippen LogP contribution in [0.5, 0.6) is 0 Å². The predicted molar refractivity (Wildman–Crippen MR) is 81.3 cm³/mol. The first-order valence-corrected chi connectivity index (χ1v) is 6.59. The molecule has 1 N–H and O–H groups in total. The number of aryl methyl sites for hydroxylation is 1. The zero-order valence-corrected chi connectivity index (χ0v) is 11.7. The number of hydrogen-bond donors (Lipinski definition) is 1. The van der Waals surface area contributed by atoms with Crippen molar-refractivity contribution < 1.29 is 9.18 Å². The summed E-state index contributed by atoms with van der Waals surface area (Å²) < 4.78 is 14.3. The zero-order chi connectivity index (χ0) is 15.7. The molecule has 1 amide bonds. The molecule has 22 heavy (non-hydrogen) atoms. The topological polar surface area (TPSA) is 64.0 Å². The highest BCUT2D eigenvalue weighted by Crippen LogP contribution is 2.16. The van der Waals surface area contributed by atoms with Crippen LogP contribution in [0.1, 0.15) is 10.5 Å². The van der Waals surface area contributed by atoms with Crippen LogP contribution in [0.25, 0.3) is 10.8 Å². The molecule has 6 heteroatoms. The first-order valence-electron chi connectivity index (χ1n) is 6.59. The molecule has 0 saturated carbocycles. The average Bonchev–Trinajstić information content (AvgIpc) is 2.51. The second-order valence-corrected chi connectivity index (χ2v) is 4.79. The summed E-state index contributed by atoms with van der Waals surface area (Å²) in [5, 5.41) is 7.46. The minimum Gasteiger partial charge on any atom is -0.320 e. The second kappa shape index (κ2) is 5.40. The summed E-state index contributed by atoms with van der Waals surface area (Å²) in [5.41, 5.74) is 0.157. The Balaban J connectivity index is 2.08. The number of carbonyl (C=O) groups is 1. The lowest BCUT2D eigenvalue weighted by Crippen LogP contribution is -2.25. The highest BCUT2D eigenvalue weighted by Gasteiger charge is 2.15. The molecule has 3 aromatic rings. The third kappa shape index (κ3) is 2.46. The smallest absolute Gasteiger partial charge is 0.276 e. The van der Waals surface area contributed by atoms with Crippen LogP contribution < -0.4 is 10.9 Å². The van der Waals surface area contributed by atoms with E-state index in [1.54, 1.807) is 30.3 Å². The second-order valence-electron chi connectivity index (χ2n) is 4.79. The van der Waals surface area contributed by atoms with Gasteiger partial charge < -0.3 is 5.32 Å². The van der Waals surface area contributed by atoms with Crippen molar-refractivity contribution in [2.75, 3.05) is 5.32 Å². The summed E-state index contributed by atoms with van der Waals surface area (Å²) in [5.74, 6) is -0.950. The Morgan fingerprint density at radius 3 is 2.59 bits per heavy atom. The van der Waals surface area contributed by atoms with E-state index < -0.39 is 11.7 Å². The molecule has 5 nitrogen and oxygen atoms in total. The predicted octanol–water partition coefficient (Wildman–Crippen LogP) is 2.32. The van der Waals surface area contributed by atoms with Gasteiger partial charge in [0.15, 0.2) is 5.69 Å². The van der Waals surface area contributed by atoms with Crippen molar-refractivity contribution in [3.63, 3.8) is 0 Å². The van der Waals surface area contributed by atoms with E-state index in [2.05, 4.69) is 10.4 Å². The lowest BCUT2D eigenvalue weighted by Gasteiger charge is -2.09. The molecule has 0 unspecified atom stereocenters. The van der Waals surface area contributed by atoms with Crippen molar-refractivity contribution in [1.29, 1.82) is 0 Å². The molecule has 0 saturated heterocycles. The molecule has 0 aliphatic heterocycles. The van der Waals surface area contributed by atoms with Gasteiger partial charge >= 0.3 is 0 Å². The summed E-state index contributed by atoms with van der Waals surface area (Å²) in [6.07, 6.45) is 0. The van der Waals surface area contributed by atoms with Gasteiger partial charge in [0, 0.05) is 18.1 Å². The molecule has 0 atom stereocenters. The normalized spacial score (nSPS) is 10.6. The Morgan fingerprint density at radius 1 is 1.14 bits per heavy atom. The highest BCUT2D eigenvalue weighted by atomic mass is 19.1. The number of carbonyl (C=O) groups excluding carboxylic acids is 1. The standard InChI is InChI=1S/C16H12FN3O2/c1-20-16(22)13-8-3-2-7-12(13)14(19-20)15(21)18-11-6-4-5-10(17)9-11/h2-9H,1H3,(H,18,21). The number of aromatic nitrogens is 2. The number of hydrogen-bond acceptors (Lipinski definition) is 3. The van der Waals surface area contributed by atoms with Crippen LogP contribution in [-0.2, 0) is 7.05 Å². The first kappa shape index (κ1) is 13.9. The molecule has 0 aliphatic carbocycles. The van der Waals surface area contributed by atoms with E-state index in [-0.39, 0.29) is 11.3 Å². The third-order valence-corrected chi connectivity index (χ3v) is 3.25. The number of fused-ring (bicyclic) bond motifs is 1. The van der Waals surface area contributed by atoms with Gasteiger partial charge in [-0.2, -0.15) is 5.10 Å². The van der Waals surface area contributed by atoms with Gasteiger partial charge in [0.1, 0.15) is 5.82 Å². The fourth-order valence-corrected chi connectivity index (χ4v) is 2.22. The van der Waals surface area contributed by atoms with E-state index in [0.29, 0.717) is 16.5 Å². The SMILES string of the molecule is Cn1nc(C(=O)Nc2cccc(F)c2)c2ccccc2c1=O. The summed E-state index contributed by atoms with van der Waals surface area (Å²) >= 11 is 0. The molecule has 0 spiro atoms. The van der Waals surface area contributed by atoms with Crippen molar-refractivity contribution in [2.24, 2.45) is 7.05 Å². The van der Waals surface area contributed by atoms with Crippen LogP contribution in [0.3, 0.4) is 0 Å². The van der Waals surface area contributed by atoms with Gasteiger partial charge in [-0.15, -0.1) is 0 Å². The quantitative estimate of drug-likeness (QED) is 0.789. The maximum atomic E-state index is 13.2. The minimum absolute atomic E-state index is 0.113. The molecule has 3 rings (SSSR count). The first-order chi connectivity index (χ1) is 10.6. The lowest BCUT2D eigenvalue weighted by atomic mass is 10.1. The van der Waals surface area contributed by atoms with Crippen LogP contribution in [-0.4, -0.2) is 15.7 Å². The molecule has 0 fully saturated rings. The average molecular weight is 297 g/mol.